The molecule has 2 atom stereocenters. The average Bonchev–Trinajstić information content (AvgIpc) is 3.13. The van der Waals surface area contributed by atoms with Gasteiger partial charge in [0.1, 0.15) is 0 Å². The smallest absolute Gasteiger partial charge is 0.252 e. The zero-order valence-corrected chi connectivity index (χ0v) is 15.4. The lowest BCUT2D eigenvalue weighted by Gasteiger charge is -2.21. The van der Waals surface area contributed by atoms with E-state index in [0.29, 0.717) is 11.8 Å². The van der Waals surface area contributed by atoms with E-state index in [1.807, 2.05) is 11.4 Å². The van der Waals surface area contributed by atoms with Crippen LogP contribution in [0.15, 0.2) is 41.8 Å². The maximum absolute atomic E-state index is 12.6. The lowest BCUT2D eigenvalue weighted by Crippen LogP contribution is -2.35. The van der Waals surface area contributed by atoms with E-state index in [9.17, 15) is 4.79 Å². The summed E-state index contributed by atoms with van der Waals surface area (Å²) in [5, 5.41) is 5.21. The second-order valence-corrected chi connectivity index (χ2v) is 7.98. The molecular weight excluding hydrogens is 314 g/mol. The fourth-order valence-corrected chi connectivity index (χ4v) is 4.59. The third kappa shape index (κ3) is 4.07. The third-order valence-corrected chi connectivity index (χ3v) is 6.42. The lowest BCUT2D eigenvalue weighted by molar-refractivity contribution is 0.0936. The molecule has 0 saturated heterocycles. The van der Waals surface area contributed by atoms with Crippen molar-refractivity contribution in [2.24, 2.45) is 0 Å². The summed E-state index contributed by atoms with van der Waals surface area (Å²) in [5.74, 6) is 1.03. The minimum atomic E-state index is 0.0589. The van der Waals surface area contributed by atoms with E-state index in [1.165, 1.54) is 42.5 Å². The van der Waals surface area contributed by atoms with Crippen molar-refractivity contribution in [3.05, 3.63) is 57.8 Å². The zero-order chi connectivity index (χ0) is 16.9. The van der Waals surface area contributed by atoms with Crippen LogP contribution >= 0.6 is 11.3 Å². The molecule has 2 nitrogen and oxygen atoms in total. The largest absolute Gasteiger partial charge is 0.349 e. The first kappa shape index (κ1) is 17.2. The van der Waals surface area contributed by atoms with E-state index in [-0.39, 0.29) is 11.9 Å². The highest BCUT2D eigenvalue weighted by molar-refractivity contribution is 7.10. The molecule has 3 heteroatoms. The van der Waals surface area contributed by atoms with Crippen LogP contribution in [0.3, 0.4) is 0 Å². The normalized spacial score (nSPS) is 18.1. The van der Waals surface area contributed by atoms with Crippen LogP contribution in [0.2, 0.25) is 0 Å². The van der Waals surface area contributed by atoms with Crippen LogP contribution in [0, 0.1) is 0 Å². The van der Waals surface area contributed by atoms with E-state index >= 15 is 0 Å². The van der Waals surface area contributed by atoms with E-state index in [1.54, 1.807) is 11.3 Å². The van der Waals surface area contributed by atoms with Crippen LogP contribution < -0.4 is 5.32 Å². The summed E-state index contributed by atoms with van der Waals surface area (Å²) < 4.78 is 0. The molecule has 1 heterocycles. The predicted octanol–water partition coefficient (Wildman–Crippen LogP) is 5.72. The second-order valence-electron chi connectivity index (χ2n) is 7.03. The highest BCUT2D eigenvalue weighted by Gasteiger charge is 2.21. The van der Waals surface area contributed by atoms with Gasteiger partial charge >= 0.3 is 0 Å². The Balaban J connectivity index is 1.61. The average molecular weight is 342 g/mol. The molecule has 2 aromatic rings. The Kier molecular flexibility index (Phi) is 5.72. The molecule has 3 rings (SSSR count). The Hall–Kier alpha value is -1.61. The van der Waals surface area contributed by atoms with Gasteiger partial charge in [0.05, 0.1) is 5.56 Å². The Bertz CT molecular complexity index is 657. The molecule has 1 aliphatic rings. The summed E-state index contributed by atoms with van der Waals surface area (Å²) in [4.78, 5) is 14.0. The van der Waals surface area contributed by atoms with Crippen molar-refractivity contribution in [2.75, 3.05) is 0 Å². The summed E-state index contributed by atoms with van der Waals surface area (Å²) >= 11 is 1.76. The first-order valence-electron chi connectivity index (χ1n) is 9.09. The molecule has 1 aromatic carbocycles. The molecule has 0 spiro atoms. The van der Waals surface area contributed by atoms with Gasteiger partial charge in [-0.25, -0.2) is 0 Å². The Labute approximate surface area is 149 Å². The van der Waals surface area contributed by atoms with E-state index in [4.69, 9.17) is 0 Å². The first-order chi connectivity index (χ1) is 11.6. The van der Waals surface area contributed by atoms with Gasteiger partial charge in [0, 0.05) is 22.2 Å². The van der Waals surface area contributed by atoms with Crippen molar-refractivity contribution < 1.29 is 4.79 Å². The molecular formula is C21H27NOS. The Morgan fingerprint density at radius 2 is 1.83 bits per heavy atom. The van der Waals surface area contributed by atoms with Crippen molar-refractivity contribution in [1.29, 1.82) is 0 Å². The van der Waals surface area contributed by atoms with E-state index in [0.717, 1.165) is 5.56 Å². The highest BCUT2D eigenvalue weighted by atomic mass is 32.1. The van der Waals surface area contributed by atoms with Crippen molar-refractivity contribution in [3.63, 3.8) is 0 Å². The number of thiophene rings is 1. The van der Waals surface area contributed by atoms with Gasteiger partial charge in [-0.05, 0) is 37.3 Å². The molecule has 128 valence electrons. The fourth-order valence-electron chi connectivity index (χ4n) is 3.53. The van der Waals surface area contributed by atoms with Gasteiger partial charge in [0.25, 0.3) is 5.91 Å². The standard InChI is InChI=1S/C21H27NOS/c1-15(17-9-5-3-6-10-17)16(2)22-21(23)19-13-20(24-14-19)18-11-7-4-8-12-18/h3,5-6,9-10,13-16,18H,4,7-8,11-12H2,1-2H3,(H,22,23). The van der Waals surface area contributed by atoms with Crippen LogP contribution in [0.25, 0.3) is 0 Å². The van der Waals surface area contributed by atoms with Gasteiger partial charge in [-0.15, -0.1) is 11.3 Å². The van der Waals surface area contributed by atoms with E-state index < -0.39 is 0 Å². The van der Waals surface area contributed by atoms with Gasteiger partial charge in [0.15, 0.2) is 0 Å². The number of amides is 1. The number of carbonyl (C=O) groups is 1. The Morgan fingerprint density at radius 3 is 2.54 bits per heavy atom. The molecule has 0 radical (unpaired) electrons. The summed E-state index contributed by atoms with van der Waals surface area (Å²) in [5.41, 5.74) is 2.09. The van der Waals surface area contributed by atoms with Crippen LogP contribution in [0.1, 0.15) is 78.6 Å². The summed E-state index contributed by atoms with van der Waals surface area (Å²) in [6, 6.07) is 12.6. The minimum absolute atomic E-state index is 0.0589. The maximum Gasteiger partial charge on any atom is 0.252 e. The second kappa shape index (κ2) is 7.98. The van der Waals surface area contributed by atoms with Gasteiger partial charge in [-0.2, -0.15) is 0 Å². The van der Waals surface area contributed by atoms with Gasteiger partial charge < -0.3 is 5.32 Å². The molecule has 1 fully saturated rings. The quantitative estimate of drug-likeness (QED) is 0.740. The van der Waals surface area contributed by atoms with E-state index in [2.05, 4.69) is 49.5 Å². The third-order valence-electron chi connectivity index (χ3n) is 5.32. The summed E-state index contributed by atoms with van der Waals surface area (Å²) in [6.07, 6.45) is 6.58. The SMILES string of the molecule is CC(NC(=O)c1csc(C2CCCCC2)c1)C(C)c1ccccc1. The highest BCUT2D eigenvalue weighted by Crippen LogP contribution is 2.36. The molecule has 2 unspecified atom stereocenters. The zero-order valence-electron chi connectivity index (χ0n) is 14.6. The minimum Gasteiger partial charge on any atom is -0.349 e. The summed E-state index contributed by atoms with van der Waals surface area (Å²) in [6.45, 7) is 4.26. The molecule has 24 heavy (non-hydrogen) atoms. The topological polar surface area (TPSA) is 29.1 Å². The van der Waals surface area contributed by atoms with Gasteiger partial charge in [-0.3, -0.25) is 4.79 Å². The monoisotopic (exact) mass is 341 g/mol. The molecule has 1 amide bonds. The fraction of sp³-hybridized carbons (Fsp3) is 0.476. The number of carbonyl (C=O) groups excluding carboxylic acids is 1. The summed E-state index contributed by atoms with van der Waals surface area (Å²) in [7, 11) is 0. The first-order valence-corrected chi connectivity index (χ1v) is 9.97. The van der Waals surface area contributed by atoms with Crippen LogP contribution in [-0.2, 0) is 0 Å². The molecule has 1 saturated carbocycles. The number of benzene rings is 1. The number of hydrogen-bond donors (Lipinski definition) is 1. The molecule has 0 bridgehead atoms. The van der Waals surface area contributed by atoms with Crippen LogP contribution in [0.5, 0.6) is 0 Å². The molecule has 1 aromatic heterocycles. The van der Waals surface area contributed by atoms with Crippen molar-refractivity contribution >= 4 is 17.2 Å². The number of nitrogens with one attached hydrogen (secondary N) is 1. The lowest BCUT2D eigenvalue weighted by atomic mass is 9.88. The molecule has 0 aliphatic heterocycles. The van der Waals surface area contributed by atoms with Crippen molar-refractivity contribution in [1.82, 2.24) is 5.32 Å². The van der Waals surface area contributed by atoms with Gasteiger partial charge in [-0.1, -0.05) is 56.5 Å². The predicted molar refractivity (Wildman–Crippen MR) is 102 cm³/mol. The number of rotatable bonds is 5. The number of hydrogen-bond acceptors (Lipinski definition) is 2. The van der Waals surface area contributed by atoms with Crippen molar-refractivity contribution in [3.8, 4) is 0 Å². The van der Waals surface area contributed by atoms with Crippen molar-refractivity contribution in [2.45, 2.75) is 63.8 Å². The Morgan fingerprint density at radius 1 is 1.12 bits per heavy atom. The maximum atomic E-state index is 12.6. The van der Waals surface area contributed by atoms with Gasteiger partial charge in [0.2, 0.25) is 0 Å². The van der Waals surface area contributed by atoms with Crippen LogP contribution in [0.4, 0.5) is 0 Å². The molecule has 1 aliphatic carbocycles. The van der Waals surface area contributed by atoms with Crippen LogP contribution in [-0.4, -0.2) is 11.9 Å². The molecule has 1 N–H and O–H groups in total.